The summed E-state index contributed by atoms with van der Waals surface area (Å²) in [6.07, 6.45) is 0. The van der Waals surface area contributed by atoms with Gasteiger partial charge >= 0.3 is 5.69 Å². The van der Waals surface area contributed by atoms with Gasteiger partial charge in [-0.05, 0) is 24.3 Å². The minimum atomic E-state index is -3.77. The van der Waals surface area contributed by atoms with Gasteiger partial charge in [0.2, 0.25) is 15.8 Å². The Kier molecular flexibility index (Phi) is 5.53. The van der Waals surface area contributed by atoms with E-state index < -0.39 is 20.6 Å². The number of nitro benzene ring substituents is 1. The molecule has 2 rings (SSSR count). The molecule has 0 aliphatic rings. The third kappa shape index (κ3) is 3.72. The van der Waals surface area contributed by atoms with Crippen molar-refractivity contribution in [1.82, 2.24) is 4.31 Å². The first-order valence-corrected chi connectivity index (χ1v) is 8.85. The molecule has 2 aromatic carbocycles. The zero-order valence-electron chi connectivity index (χ0n) is 13.4. The number of rotatable bonds is 7. The number of hydrogen-bond acceptors (Lipinski definition) is 5. The standard InChI is InChI=1S/C16H18N2O5S/c1-3-17(4-2)24(21,22)14-10-11-16(15(12-14)18(19)20)23-13-8-6-5-7-9-13/h5-12H,3-4H2,1-2H3. The molecule has 0 bridgehead atoms. The van der Waals surface area contributed by atoms with E-state index in [9.17, 15) is 18.5 Å². The Hall–Kier alpha value is -2.45. The largest absolute Gasteiger partial charge is 0.450 e. The second-order valence-electron chi connectivity index (χ2n) is 4.89. The summed E-state index contributed by atoms with van der Waals surface area (Å²) < 4.78 is 31.7. The third-order valence-corrected chi connectivity index (χ3v) is 5.49. The predicted octanol–water partition coefficient (Wildman–Crippen LogP) is 3.42. The SMILES string of the molecule is CCN(CC)S(=O)(=O)c1ccc(Oc2ccccc2)c([N+](=O)[O-])c1. The van der Waals surface area contributed by atoms with Crippen molar-refractivity contribution in [2.75, 3.05) is 13.1 Å². The van der Waals surface area contributed by atoms with Crippen LogP contribution < -0.4 is 4.74 Å². The molecule has 0 N–H and O–H groups in total. The quantitative estimate of drug-likeness (QED) is 0.564. The second kappa shape index (κ2) is 7.41. The van der Waals surface area contributed by atoms with E-state index in [1.54, 1.807) is 44.2 Å². The molecule has 0 fully saturated rings. The summed E-state index contributed by atoms with van der Waals surface area (Å²) in [5, 5.41) is 11.3. The molecule has 24 heavy (non-hydrogen) atoms. The van der Waals surface area contributed by atoms with Gasteiger partial charge in [-0.15, -0.1) is 0 Å². The molecule has 0 spiro atoms. The highest BCUT2D eigenvalue weighted by Gasteiger charge is 2.26. The minimum absolute atomic E-state index is 0.00954. The first-order valence-electron chi connectivity index (χ1n) is 7.41. The van der Waals surface area contributed by atoms with Gasteiger partial charge in [-0.2, -0.15) is 4.31 Å². The number of sulfonamides is 1. The highest BCUT2D eigenvalue weighted by Crippen LogP contribution is 2.34. The van der Waals surface area contributed by atoms with Crippen LogP contribution in [-0.2, 0) is 10.0 Å². The number of benzene rings is 2. The number of nitrogens with zero attached hydrogens (tertiary/aromatic N) is 2. The van der Waals surface area contributed by atoms with Gasteiger partial charge in [-0.3, -0.25) is 10.1 Å². The first-order chi connectivity index (χ1) is 11.4. The minimum Gasteiger partial charge on any atom is -0.450 e. The summed E-state index contributed by atoms with van der Waals surface area (Å²) in [7, 11) is -3.77. The summed E-state index contributed by atoms with van der Waals surface area (Å²) in [5.74, 6) is 0.421. The van der Waals surface area contributed by atoms with E-state index in [0.29, 0.717) is 5.75 Å². The van der Waals surface area contributed by atoms with Gasteiger partial charge in [0.15, 0.2) is 0 Å². The third-order valence-electron chi connectivity index (χ3n) is 3.44. The maximum absolute atomic E-state index is 12.5. The summed E-state index contributed by atoms with van der Waals surface area (Å²) in [5.41, 5.74) is -0.396. The second-order valence-corrected chi connectivity index (χ2v) is 6.83. The topological polar surface area (TPSA) is 89.8 Å². The van der Waals surface area contributed by atoms with Crippen molar-refractivity contribution >= 4 is 15.7 Å². The van der Waals surface area contributed by atoms with Crippen molar-refractivity contribution in [3.63, 3.8) is 0 Å². The molecule has 0 saturated heterocycles. The molecule has 0 radical (unpaired) electrons. The van der Waals surface area contributed by atoms with Crippen LogP contribution in [0.5, 0.6) is 11.5 Å². The van der Waals surface area contributed by atoms with Crippen molar-refractivity contribution in [1.29, 1.82) is 0 Å². The van der Waals surface area contributed by atoms with Crippen LogP contribution in [0.3, 0.4) is 0 Å². The molecule has 0 heterocycles. The lowest BCUT2D eigenvalue weighted by Gasteiger charge is -2.18. The van der Waals surface area contributed by atoms with Crippen molar-refractivity contribution < 1.29 is 18.1 Å². The van der Waals surface area contributed by atoms with E-state index in [-0.39, 0.29) is 23.7 Å². The fourth-order valence-electron chi connectivity index (χ4n) is 2.21. The molecule has 2 aromatic rings. The highest BCUT2D eigenvalue weighted by molar-refractivity contribution is 7.89. The Morgan fingerprint density at radius 2 is 1.71 bits per heavy atom. The van der Waals surface area contributed by atoms with E-state index >= 15 is 0 Å². The van der Waals surface area contributed by atoms with Gasteiger partial charge in [-0.25, -0.2) is 8.42 Å². The van der Waals surface area contributed by atoms with Gasteiger partial charge < -0.3 is 4.74 Å². The molecule has 0 aliphatic heterocycles. The van der Waals surface area contributed by atoms with Crippen molar-refractivity contribution in [2.24, 2.45) is 0 Å². The van der Waals surface area contributed by atoms with Gasteiger partial charge in [-0.1, -0.05) is 32.0 Å². The molecule has 8 heteroatoms. The van der Waals surface area contributed by atoms with Crippen molar-refractivity contribution in [3.8, 4) is 11.5 Å². The Morgan fingerprint density at radius 3 is 2.25 bits per heavy atom. The summed E-state index contributed by atoms with van der Waals surface area (Å²) in [4.78, 5) is 10.5. The van der Waals surface area contributed by atoms with Crippen LogP contribution >= 0.6 is 0 Å². The maximum Gasteiger partial charge on any atom is 0.312 e. The Morgan fingerprint density at radius 1 is 1.08 bits per heavy atom. The van der Waals surface area contributed by atoms with Gasteiger partial charge in [0, 0.05) is 19.2 Å². The van der Waals surface area contributed by atoms with Crippen LogP contribution in [0, 0.1) is 10.1 Å². The zero-order valence-corrected chi connectivity index (χ0v) is 14.2. The molecule has 0 atom stereocenters. The molecule has 0 aromatic heterocycles. The lowest BCUT2D eigenvalue weighted by Crippen LogP contribution is -2.30. The van der Waals surface area contributed by atoms with Gasteiger partial charge in [0.05, 0.1) is 9.82 Å². The number of para-hydroxylation sites is 1. The molecular formula is C16H18N2O5S. The van der Waals surface area contributed by atoms with E-state index in [1.807, 2.05) is 0 Å². The van der Waals surface area contributed by atoms with Crippen LogP contribution in [-0.4, -0.2) is 30.7 Å². The van der Waals surface area contributed by atoms with Crippen LogP contribution in [0.2, 0.25) is 0 Å². The average Bonchev–Trinajstić information content (AvgIpc) is 2.56. The van der Waals surface area contributed by atoms with E-state index in [2.05, 4.69) is 0 Å². The summed E-state index contributed by atoms with van der Waals surface area (Å²) in [6, 6.07) is 12.2. The van der Waals surface area contributed by atoms with Gasteiger partial charge in [0.1, 0.15) is 5.75 Å². The average molecular weight is 350 g/mol. The van der Waals surface area contributed by atoms with Gasteiger partial charge in [0.25, 0.3) is 0 Å². The molecule has 0 unspecified atom stereocenters. The molecule has 0 saturated carbocycles. The Balaban J connectivity index is 2.46. The predicted molar refractivity (Wildman–Crippen MR) is 89.7 cm³/mol. The monoisotopic (exact) mass is 350 g/mol. The maximum atomic E-state index is 12.5. The molecule has 0 aliphatic carbocycles. The Labute approximate surface area is 140 Å². The number of hydrogen-bond donors (Lipinski definition) is 0. The lowest BCUT2D eigenvalue weighted by atomic mass is 10.3. The molecule has 7 nitrogen and oxygen atoms in total. The molecule has 128 valence electrons. The van der Waals surface area contributed by atoms with Crippen LogP contribution in [0.1, 0.15) is 13.8 Å². The highest BCUT2D eigenvalue weighted by atomic mass is 32.2. The number of nitro groups is 1. The normalized spacial score (nSPS) is 11.5. The zero-order chi connectivity index (χ0) is 17.7. The summed E-state index contributed by atoms with van der Waals surface area (Å²) in [6.45, 7) is 3.99. The van der Waals surface area contributed by atoms with Crippen LogP contribution in [0.4, 0.5) is 5.69 Å². The fraction of sp³-hybridized carbons (Fsp3) is 0.250. The van der Waals surface area contributed by atoms with Crippen molar-refractivity contribution in [3.05, 3.63) is 58.6 Å². The first kappa shape index (κ1) is 17.9. The van der Waals surface area contributed by atoms with E-state index in [0.717, 1.165) is 6.07 Å². The molecular weight excluding hydrogens is 332 g/mol. The van der Waals surface area contributed by atoms with Crippen LogP contribution in [0.25, 0.3) is 0 Å². The van der Waals surface area contributed by atoms with E-state index in [1.165, 1.54) is 16.4 Å². The van der Waals surface area contributed by atoms with Crippen LogP contribution in [0.15, 0.2) is 53.4 Å². The fourth-order valence-corrected chi connectivity index (χ4v) is 3.69. The summed E-state index contributed by atoms with van der Waals surface area (Å²) >= 11 is 0. The molecule has 0 amide bonds. The Bertz CT molecular complexity index is 818. The van der Waals surface area contributed by atoms with Crippen molar-refractivity contribution in [2.45, 2.75) is 18.7 Å². The smallest absolute Gasteiger partial charge is 0.312 e. The lowest BCUT2D eigenvalue weighted by molar-refractivity contribution is -0.385. The van der Waals surface area contributed by atoms with E-state index in [4.69, 9.17) is 4.74 Å². The number of ether oxygens (including phenoxy) is 1.